The predicted octanol–water partition coefficient (Wildman–Crippen LogP) is 2.80. The van der Waals surface area contributed by atoms with Gasteiger partial charge in [-0.1, -0.05) is 28.4 Å². The highest BCUT2D eigenvalue weighted by atomic mass is 16.7. The van der Waals surface area contributed by atoms with Gasteiger partial charge in [0.05, 0.1) is 13.2 Å². The molecule has 0 amide bonds. The van der Waals surface area contributed by atoms with Crippen LogP contribution in [0.15, 0.2) is 12.7 Å². The van der Waals surface area contributed by atoms with Crippen LogP contribution in [0.4, 0.5) is 0 Å². The Bertz CT molecular complexity index is 193. The van der Waals surface area contributed by atoms with E-state index in [1.807, 2.05) is 0 Å². The predicted molar refractivity (Wildman–Crippen MR) is 62.8 cm³/mol. The molecule has 1 rings (SSSR count). The highest BCUT2D eigenvalue weighted by Gasteiger charge is 2.28. The molecule has 0 atom stereocenters. The standard InChI is InChI=1S/C10H16O3.2CH4/c1-3-9(11)4-5-10(2)6-12-8-13-7-10;;/h3H,1,4-8H2,2H3;2*1H4. The molecule has 3 heteroatoms. The van der Waals surface area contributed by atoms with Gasteiger partial charge in [-0.2, -0.15) is 0 Å². The van der Waals surface area contributed by atoms with Crippen LogP contribution in [0.5, 0.6) is 0 Å². The second-order valence-corrected chi connectivity index (χ2v) is 3.80. The molecule has 0 aromatic heterocycles. The molecule has 0 N–H and O–H groups in total. The van der Waals surface area contributed by atoms with Crippen LogP contribution in [0, 0.1) is 5.41 Å². The first-order valence-corrected chi connectivity index (χ1v) is 4.47. The maximum absolute atomic E-state index is 11.0. The molecule has 1 heterocycles. The monoisotopic (exact) mass is 216 g/mol. The van der Waals surface area contributed by atoms with Gasteiger partial charge < -0.3 is 9.47 Å². The third-order valence-corrected chi connectivity index (χ3v) is 2.27. The summed E-state index contributed by atoms with van der Waals surface area (Å²) in [7, 11) is 0. The molecular formula is C12H24O3. The molecule has 0 aliphatic carbocycles. The minimum absolute atomic E-state index is 0. The summed E-state index contributed by atoms with van der Waals surface area (Å²) in [6.45, 7) is 7.24. The Kier molecular flexibility index (Phi) is 8.49. The third kappa shape index (κ3) is 5.70. The zero-order valence-electron chi connectivity index (χ0n) is 8.04. The van der Waals surface area contributed by atoms with Crippen molar-refractivity contribution < 1.29 is 14.3 Å². The van der Waals surface area contributed by atoms with Crippen molar-refractivity contribution >= 4 is 5.78 Å². The minimum atomic E-state index is -0.00306. The number of allylic oxidation sites excluding steroid dienone is 1. The van der Waals surface area contributed by atoms with Gasteiger partial charge in [-0.05, 0) is 12.5 Å². The number of hydrogen-bond acceptors (Lipinski definition) is 3. The van der Waals surface area contributed by atoms with Crippen LogP contribution >= 0.6 is 0 Å². The Morgan fingerprint density at radius 1 is 1.40 bits per heavy atom. The average Bonchev–Trinajstić information content (AvgIpc) is 2.15. The number of hydrogen-bond donors (Lipinski definition) is 0. The Hall–Kier alpha value is -0.670. The molecule has 0 aromatic carbocycles. The van der Waals surface area contributed by atoms with Gasteiger partial charge in [0.15, 0.2) is 5.78 Å². The van der Waals surface area contributed by atoms with E-state index in [0.717, 1.165) is 6.42 Å². The van der Waals surface area contributed by atoms with Crippen molar-refractivity contribution in [2.75, 3.05) is 20.0 Å². The summed E-state index contributed by atoms with van der Waals surface area (Å²) >= 11 is 0. The smallest absolute Gasteiger partial charge is 0.155 e. The maximum Gasteiger partial charge on any atom is 0.155 e. The Labute approximate surface area is 93.5 Å². The van der Waals surface area contributed by atoms with Gasteiger partial charge >= 0.3 is 0 Å². The van der Waals surface area contributed by atoms with Crippen molar-refractivity contribution in [3.05, 3.63) is 12.7 Å². The van der Waals surface area contributed by atoms with Crippen molar-refractivity contribution in [3.8, 4) is 0 Å². The Morgan fingerprint density at radius 3 is 2.40 bits per heavy atom. The van der Waals surface area contributed by atoms with Crippen LogP contribution in [0.1, 0.15) is 34.6 Å². The quantitative estimate of drug-likeness (QED) is 0.678. The SMILES string of the molecule is C.C.C=CC(=O)CCC1(C)COCOC1. The van der Waals surface area contributed by atoms with E-state index in [0.29, 0.717) is 26.4 Å². The normalized spacial score (nSPS) is 18.2. The second-order valence-electron chi connectivity index (χ2n) is 3.80. The second kappa shape index (κ2) is 7.60. The van der Waals surface area contributed by atoms with Gasteiger partial charge in [-0.3, -0.25) is 4.79 Å². The summed E-state index contributed by atoms with van der Waals surface area (Å²) in [6, 6.07) is 0. The highest BCUT2D eigenvalue weighted by Crippen LogP contribution is 2.27. The first-order valence-electron chi connectivity index (χ1n) is 4.47. The van der Waals surface area contributed by atoms with E-state index in [9.17, 15) is 4.79 Å². The Balaban J connectivity index is 0. The summed E-state index contributed by atoms with van der Waals surface area (Å²) in [5.41, 5.74) is -0.00306. The lowest BCUT2D eigenvalue weighted by Crippen LogP contribution is -2.35. The zero-order chi connectivity index (χ0) is 9.73. The van der Waals surface area contributed by atoms with Crippen LogP contribution in [0.25, 0.3) is 0 Å². The molecule has 3 nitrogen and oxygen atoms in total. The number of ketones is 1. The van der Waals surface area contributed by atoms with E-state index < -0.39 is 0 Å². The maximum atomic E-state index is 11.0. The molecule has 0 spiro atoms. The molecule has 90 valence electrons. The molecule has 1 aliphatic heterocycles. The summed E-state index contributed by atoms with van der Waals surface area (Å²) < 4.78 is 10.4. The van der Waals surface area contributed by atoms with Crippen molar-refractivity contribution in [1.29, 1.82) is 0 Å². The van der Waals surface area contributed by atoms with Crippen LogP contribution < -0.4 is 0 Å². The fourth-order valence-electron chi connectivity index (χ4n) is 1.35. The molecule has 15 heavy (non-hydrogen) atoms. The van der Waals surface area contributed by atoms with Gasteiger partial charge in [-0.15, -0.1) is 0 Å². The molecule has 0 bridgehead atoms. The fraction of sp³-hybridized carbons (Fsp3) is 0.750. The molecule has 0 unspecified atom stereocenters. The summed E-state index contributed by atoms with van der Waals surface area (Å²) in [5, 5.41) is 0. The summed E-state index contributed by atoms with van der Waals surface area (Å²) in [5.74, 6) is 0.0896. The molecular weight excluding hydrogens is 192 g/mol. The van der Waals surface area contributed by atoms with Gasteiger partial charge in [0.25, 0.3) is 0 Å². The molecule has 0 aromatic rings. The lowest BCUT2D eigenvalue weighted by Gasteiger charge is -2.32. The number of carbonyl (C=O) groups is 1. The average molecular weight is 216 g/mol. The lowest BCUT2D eigenvalue weighted by molar-refractivity contribution is -0.161. The van der Waals surface area contributed by atoms with Crippen molar-refractivity contribution in [1.82, 2.24) is 0 Å². The first-order chi connectivity index (χ1) is 6.16. The van der Waals surface area contributed by atoms with Crippen molar-refractivity contribution in [2.24, 2.45) is 5.41 Å². The van der Waals surface area contributed by atoms with E-state index in [2.05, 4.69) is 13.5 Å². The number of rotatable bonds is 4. The molecule has 1 aliphatic rings. The molecule has 0 saturated carbocycles. The largest absolute Gasteiger partial charge is 0.355 e. The van der Waals surface area contributed by atoms with Crippen molar-refractivity contribution in [2.45, 2.75) is 34.6 Å². The van der Waals surface area contributed by atoms with Crippen LogP contribution in [0.2, 0.25) is 0 Å². The lowest BCUT2D eigenvalue weighted by atomic mass is 9.86. The van der Waals surface area contributed by atoms with E-state index in [-0.39, 0.29) is 26.1 Å². The van der Waals surface area contributed by atoms with E-state index in [1.54, 1.807) is 0 Å². The van der Waals surface area contributed by atoms with Crippen molar-refractivity contribution in [3.63, 3.8) is 0 Å². The summed E-state index contributed by atoms with van der Waals surface area (Å²) in [6.07, 6.45) is 2.71. The zero-order valence-corrected chi connectivity index (χ0v) is 8.04. The van der Waals surface area contributed by atoms with E-state index in [1.165, 1.54) is 6.08 Å². The third-order valence-electron chi connectivity index (χ3n) is 2.27. The van der Waals surface area contributed by atoms with Gasteiger partial charge in [0.1, 0.15) is 6.79 Å². The number of ether oxygens (including phenoxy) is 2. The van der Waals surface area contributed by atoms with Crippen LogP contribution in [-0.2, 0) is 14.3 Å². The van der Waals surface area contributed by atoms with E-state index >= 15 is 0 Å². The summed E-state index contributed by atoms with van der Waals surface area (Å²) in [4.78, 5) is 11.0. The highest BCUT2D eigenvalue weighted by molar-refractivity contribution is 5.88. The molecule has 1 saturated heterocycles. The van der Waals surface area contributed by atoms with Gasteiger partial charge in [0.2, 0.25) is 0 Å². The minimum Gasteiger partial charge on any atom is -0.355 e. The number of carbonyl (C=O) groups excluding carboxylic acids is 1. The van der Waals surface area contributed by atoms with Crippen LogP contribution in [-0.4, -0.2) is 25.8 Å². The fourth-order valence-corrected chi connectivity index (χ4v) is 1.35. The molecule has 1 fully saturated rings. The first kappa shape index (κ1) is 16.7. The molecule has 0 radical (unpaired) electrons. The van der Waals surface area contributed by atoms with Gasteiger partial charge in [-0.25, -0.2) is 0 Å². The van der Waals surface area contributed by atoms with Gasteiger partial charge in [0, 0.05) is 11.8 Å². The van der Waals surface area contributed by atoms with E-state index in [4.69, 9.17) is 9.47 Å². The Morgan fingerprint density at radius 2 is 1.93 bits per heavy atom. The van der Waals surface area contributed by atoms with Crippen LogP contribution in [0.3, 0.4) is 0 Å². The topological polar surface area (TPSA) is 35.5 Å².